The van der Waals surface area contributed by atoms with E-state index in [1.54, 1.807) is 11.3 Å². The van der Waals surface area contributed by atoms with Gasteiger partial charge in [-0.1, -0.05) is 40.2 Å². The quantitative estimate of drug-likeness (QED) is 0.639. The van der Waals surface area contributed by atoms with E-state index >= 15 is 0 Å². The maximum absolute atomic E-state index is 11.9. The van der Waals surface area contributed by atoms with Gasteiger partial charge < -0.3 is 10.1 Å². The molecule has 0 bridgehead atoms. The molecule has 128 valence electrons. The van der Waals surface area contributed by atoms with Crippen molar-refractivity contribution in [1.29, 1.82) is 0 Å². The fourth-order valence-electron chi connectivity index (χ4n) is 2.22. The van der Waals surface area contributed by atoms with Crippen LogP contribution in [0.3, 0.4) is 0 Å². The molecule has 0 aliphatic rings. The number of nitrogens with one attached hydrogen (secondary N) is 1. The van der Waals surface area contributed by atoms with E-state index in [0.29, 0.717) is 12.3 Å². The van der Waals surface area contributed by atoms with Gasteiger partial charge in [0.05, 0.1) is 10.7 Å². The Morgan fingerprint density at radius 1 is 1.16 bits per heavy atom. The highest BCUT2D eigenvalue weighted by molar-refractivity contribution is 9.10. The molecule has 1 N–H and O–H groups in total. The minimum atomic E-state index is -0.151. The second-order valence-electron chi connectivity index (χ2n) is 5.47. The summed E-state index contributed by atoms with van der Waals surface area (Å²) in [5.41, 5.74) is 3.10. The van der Waals surface area contributed by atoms with Gasteiger partial charge in [0.25, 0.3) is 5.91 Å². The largest absolute Gasteiger partial charge is 0.484 e. The Balaban J connectivity index is 1.47. The minimum absolute atomic E-state index is 0.00217. The van der Waals surface area contributed by atoms with E-state index in [2.05, 4.69) is 26.2 Å². The van der Waals surface area contributed by atoms with E-state index in [1.807, 2.05) is 60.8 Å². The Bertz CT molecular complexity index is 845. The normalized spacial score (nSPS) is 10.5. The second kappa shape index (κ2) is 8.27. The summed E-state index contributed by atoms with van der Waals surface area (Å²) in [6.07, 6.45) is 0. The van der Waals surface area contributed by atoms with Crippen LogP contribution >= 0.6 is 27.3 Å². The Hall–Kier alpha value is -2.18. The molecule has 0 spiro atoms. The first-order chi connectivity index (χ1) is 12.1. The third kappa shape index (κ3) is 5.14. The number of aryl methyl sites for hydroxylation is 1. The molecule has 0 radical (unpaired) electrons. The van der Waals surface area contributed by atoms with E-state index < -0.39 is 0 Å². The maximum Gasteiger partial charge on any atom is 0.258 e. The monoisotopic (exact) mass is 416 g/mol. The third-order valence-electron chi connectivity index (χ3n) is 3.54. The van der Waals surface area contributed by atoms with Gasteiger partial charge in [0.1, 0.15) is 5.75 Å². The van der Waals surface area contributed by atoms with Gasteiger partial charge >= 0.3 is 0 Å². The maximum atomic E-state index is 11.9. The van der Waals surface area contributed by atoms with Crippen molar-refractivity contribution in [2.24, 2.45) is 0 Å². The summed E-state index contributed by atoms with van der Waals surface area (Å²) in [7, 11) is 0. The summed E-state index contributed by atoms with van der Waals surface area (Å²) in [5.74, 6) is 0.517. The molecule has 0 saturated heterocycles. The molecule has 4 nitrogen and oxygen atoms in total. The molecule has 0 saturated carbocycles. The molecule has 1 aromatic heterocycles. The Labute approximate surface area is 159 Å². The van der Waals surface area contributed by atoms with Gasteiger partial charge in [0.15, 0.2) is 6.61 Å². The van der Waals surface area contributed by atoms with E-state index in [4.69, 9.17) is 4.74 Å². The Kier molecular flexibility index (Phi) is 5.83. The Morgan fingerprint density at radius 2 is 1.88 bits per heavy atom. The van der Waals surface area contributed by atoms with Crippen LogP contribution in [0.25, 0.3) is 11.3 Å². The average Bonchev–Trinajstić information content (AvgIpc) is 3.06. The first kappa shape index (κ1) is 17.6. The van der Waals surface area contributed by atoms with Crippen molar-refractivity contribution in [3.05, 3.63) is 69.0 Å². The van der Waals surface area contributed by atoms with Crippen LogP contribution in [0, 0.1) is 6.92 Å². The smallest absolute Gasteiger partial charge is 0.258 e. The third-order valence-corrected chi connectivity index (χ3v) is 4.84. The van der Waals surface area contributed by atoms with E-state index in [-0.39, 0.29) is 12.5 Å². The van der Waals surface area contributed by atoms with Crippen molar-refractivity contribution in [2.45, 2.75) is 13.5 Å². The molecule has 0 unspecified atom stereocenters. The van der Waals surface area contributed by atoms with Crippen LogP contribution < -0.4 is 10.1 Å². The lowest BCUT2D eigenvalue weighted by atomic mass is 10.1. The summed E-state index contributed by atoms with van der Waals surface area (Å²) < 4.78 is 6.42. The molecular weight excluding hydrogens is 400 g/mol. The number of aromatic nitrogens is 1. The molecular formula is C19H17BrN2O2S. The van der Waals surface area contributed by atoms with Gasteiger partial charge in [-0.05, 0) is 36.8 Å². The van der Waals surface area contributed by atoms with Gasteiger partial charge in [-0.3, -0.25) is 4.79 Å². The molecule has 6 heteroatoms. The highest BCUT2D eigenvalue weighted by atomic mass is 79.9. The lowest BCUT2D eigenvalue weighted by molar-refractivity contribution is -0.123. The van der Waals surface area contributed by atoms with Crippen molar-refractivity contribution in [2.75, 3.05) is 6.61 Å². The topological polar surface area (TPSA) is 51.2 Å². The molecule has 0 aliphatic heterocycles. The van der Waals surface area contributed by atoms with Crippen LogP contribution in [0.2, 0.25) is 0 Å². The predicted octanol–water partition coefficient (Wildman–Crippen LogP) is 4.58. The second-order valence-corrected chi connectivity index (χ2v) is 7.45. The number of carbonyl (C=O) groups excluding carboxylic acids is 1. The Morgan fingerprint density at radius 3 is 2.52 bits per heavy atom. The predicted molar refractivity (Wildman–Crippen MR) is 104 cm³/mol. The first-order valence-electron chi connectivity index (χ1n) is 7.77. The number of ether oxygens (including phenoxy) is 1. The van der Waals surface area contributed by atoms with Crippen LogP contribution in [-0.4, -0.2) is 17.5 Å². The molecule has 0 aliphatic carbocycles. The summed E-state index contributed by atoms with van der Waals surface area (Å²) in [4.78, 5) is 16.4. The summed E-state index contributed by atoms with van der Waals surface area (Å²) in [5, 5.41) is 5.96. The summed E-state index contributed by atoms with van der Waals surface area (Å²) in [6, 6.07) is 15.4. The van der Waals surface area contributed by atoms with Gasteiger partial charge in [0.2, 0.25) is 0 Å². The fraction of sp³-hybridized carbons (Fsp3) is 0.158. The van der Waals surface area contributed by atoms with Crippen molar-refractivity contribution in [3.63, 3.8) is 0 Å². The van der Waals surface area contributed by atoms with Crippen molar-refractivity contribution >= 4 is 33.2 Å². The molecule has 3 rings (SSSR count). The average molecular weight is 417 g/mol. The van der Waals surface area contributed by atoms with Crippen molar-refractivity contribution in [3.8, 4) is 17.0 Å². The molecule has 3 aromatic rings. The number of halogens is 1. The molecule has 1 amide bonds. The lowest BCUT2D eigenvalue weighted by Crippen LogP contribution is -2.28. The molecule has 0 atom stereocenters. The van der Waals surface area contributed by atoms with E-state index in [1.165, 1.54) is 0 Å². The van der Waals surface area contributed by atoms with Crippen molar-refractivity contribution in [1.82, 2.24) is 10.3 Å². The lowest BCUT2D eigenvalue weighted by Gasteiger charge is -2.08. The molecule has 1 heterocycles. The van der Waals surface area contributed by atoms with Crippen LogP contribution in [0.15, 0.2) is 58.4 Å². The van der Waals surface area contributed by atoms with Gasteiger partial charge in [-0.2, -0.15) is 0 Å². The van der Waals surface area contributed by atoms with Crippen LogP contribution in [0.5, 0.6) is 5.75 Å². The number of benzene rings is 2. The fourth-order valence-corrected chi connectivity index (χ4v) is 3.11. The molecule has 25 heavy (non-hydrogen) atoms. The van der Waals surface area contributed by atoms with Gasteiger partial charge in [-0.15, -0.1) is 11.3 Å². The zero-order chi connectivity index (χ0) is 17.6. The van der Waals surface area contributed by atoms with E-state index in [9.17, 15) is 4.79 Å². The van der Waals surface area contributed by atoms with Gasteiger partial charge in [0, 0.05) is 22.0 Å². The number of nitrogens with zero attached hydrogens (tertiary/aromatic N) is 1. The van der Waals surface area contributed by atoms with Crippen LogP contribution in [0.1, 0.15) is 10.6 Å². The standard InChI is InChI=1S/C19H17BrN2O2S/c1-13-22-18(12-25-13)15-4-2-14(3-5-15)10-21-19(23)11-24-17-8-6-16(20)7-9-17/h2-9,12H,10-11H2,1H3,(H,21,23). The number of thiazole rings is 1. The number of rotatable bonds is 6. The summed E-state index contributed by atoms with van der Waals surface area (Å²) in [6.45, 7) is 2.46. The number of carbonyl (C=O) groups is 1. The zero-order valence-electron chi connectivity index (χ0n) is 13.7. The van der Waals surface area contributed by atoms with Crippen LogP contribution in [-0.2, 0) is 11.3 Å². The highest BCUT2D eigenvalue weighted by Gasteiger charge is 2.05. The number of hydrogen-bond donors (Lipinski definition) is 1. The molecule has 0 fully saturated rings. The zero-order valence-corrected chi connectivity index (χ0v) is 16.1. The SMILES string of the molecule is Cc1nc(-c2ccc(CNC(=O)COc3ccc(Br)cc3)cc2)cs1. The molecule has 2 aromatic carbocycles. The minimum Gasteiger partial charge on any atom is -0.484 e. The van der Waals surface area contributed by atoms with Crippen molar-refractivity contribution < 1.29 is 9.53 Å². The van der Waals surface area contributed by atoms with E-state index in [0.717, 1.165) is 26.3 Å². The number of hydrogen-bond acceptors (Lipinski definition) is 4. The highest BCUT2D eigenvalue weighted by Crippen LogP contribution is 2.21. The first-order valence-corrected chi connectivity index (χ1v) is 9.44. The van der Waals surface area contributed by atoms with Crippen LogP contribution in [0.4, 0.5) is 0 Å². The van der Waals surface area contributed by atoms with Gasteiger partial charge in [-0.25, -0.2) is 4.98 Å². The number of amides is 1. The summed E-state index contributed by atoms with van der Waals surface area (Å²) >= 11 is 5.00.